The van der Waals surface area contributed by atoms with Gasteiger partial charge in [-0.2, -0.15) is 0 Å². The van der Waals surface area contributed by atoms with Crippen molar-refractivity contribution in [1.82, 2.24) is 15.8 Å². The summed E-state index contributed by atoms with van der Waals surface area (Å²) in [4.78, 5) is 4.53. The molecule has 1 aliphatic rings. The van der Waals surface area contributed by atoms with Crippen LogP contribution in [0.15, 0.2) is 15.6 Å². The van der Waals surface area contributed by atoms with Gasteiger partial charge in [-0.1, -0.05) is 12.1 Å². The van der Waals surface area contributed by atoms with E-state index in [2.05, 4.69) is 41.6 Å². The Kier molecular flexibility index (Phi) is 8.16. The highest BCUT2D eigenvalue weighted by atomic mass is 127. The SMILES string of the molecule is CCNC(=NCc1cc(CC)no1)NCC1(C)CCCO1.I. The van der Waals surface area contributed by atoms with Crippen molar-refractivity contribution in [3.05, 3.63) is 17.5 Å². The van der Waals surface area contributed by atoms with Crippen LogP contribution in [-0.2, 0) is 17.7 Å². The zero-order valence-corrected chi connectivity index (χ0v) is 16.0. The van der Waals surface area contributed by atoms with Crippen molar-refractivity contribution in [1.29, 1.82) is 0 Å². The van der Waals surface area contributed by atoms with Gasteiger partial charge in [-0.25, -0.2) is 4.99 Å². The number of hydrogen-bond acceptors (Lipinski definition) is 4. The van der Waals surface area contributed by atoms with Gasteiger partial charge in [-0.15, -0.1) is 24.0 Å². The molecule has 0 aromatic carbocycles. The molecule has 1 saturated heterocycles. The van der Waals surface area contributed by atoms with Crippen molar-refractivity contribution in [3.8, 4) is 0 Å². The smallest absolute Gasteiger partial charge is 0.191 e. The molecule has 0 aliphatic carbocycles. The maximum atomic E-state index is 5.78. The lowest BCUT2D eigenvalue weighted by atomic mass is 10.0. The van der Waals surface area contributed by atoms with Crippen LogP contribution in [0.4, 0.5) is 0 Å². The van der Waals surface area contributed by atoms with E-state index >= 15 is 0 Å². The van der Waals surface area contributed by atoms with E-state index < -0.39 is 0 Å². The highest BCUT2D eigenvalue weighted by Crippen LogP contribution is 2.23. The van der Waals surface area contributed by atoms with Crippen LogP contribution in [0.2, 0.25) is 0 Å². The van der Waals surface area contributed by atoms with Crippen molar-refractivity contribution in [2.45, 2.75) is 52.2 Å². The Bertz CT molecular complexity index is 470. The number of nitrogens with zero attached hydrogens (tertiary/aromatic N) is 2. The van der Waals surface area contributed by atoms with Crippen LogP contribution in [0.5, 0.6) is 0 Å². The molecule has 2 N–H and O–H groups in total. The molecule has 1 fully saturated rings. The van der Waals surface area contributed by atoms with Crippen LogP contribution in [0.3, 0.4) is 0 Å². The molecule has 1 unspecified atom stereocenters. The Morgan fingerprint density at radius 2 is 2.23 bits per heavy atom. The summed E-state index contributed by atoms with van der Waals surface area (Å²) in [5, 5.41) is 10.6. The zero-order chi connectivity index (χ0) is 15.1. The Balaban J connectivity index is 0.00000242. The van der Waals surface area contributed by atoms with E-state index in [1.807, 2.05) is 6.07 Å². The minimum absolute atomic E-state index is 0. The van der Waals surface area contributed by atoms with Crippen LogP contribution >= 0.6 is 24.0 Å². The fourth-order valence-electron chi connectivity index (χ4n) is 2.34. The number of rotatable bonds is 6. The highest BCUT2D eigenvalue weighted by Gasteiger charge is 2.29. The van der Waals surface area contributed by atoms with Gasteiger partial charge >= 0.3 is 0 Å². The minimum Gasteiger partial charge on any atom is -0.373 e. The topological polar surface area (TPSA) is 71.7 Å². The molecular weight excluding hydrogens is 395 g/mol. The summed E-state index contributed by atoms with van der Waals surface area (Å²) in [6, 6.07) is 1.95. The summed E-state index contributed by atoms with van der Waals surface area (Å²) >= 11 is 0. The number of halogens is 1. The van der Waals surface area contributed by atoms with E-state index in [4.69, 9.17) is 9.26 Å². The second-order valence-corrected chi connectivity index (χ2v) is 5.59. The number of aromatic nitrogens is 1. The molecule has 0 amide bonds. The molecule has 6 nitrogen and oxygen atoms in total. The van der Waals surface area contributed by atoms with Gasteiger partial charge in [0.15, 0.2) is 11.7 Å². The third kappa shape index (κ3) is 5.75. The van der Waals surface area contributed by atoms with E-state index in [0.717, 1.165) is 56.4 Å². The number of ether oxygens (including phenoxy) is 1. The summed E-state index contributed by atoms with van der Waals surface area (Å²) in [7, 11) is 0. The normalized spacial score (nSPS) is 21.5. The first kappa shape index (κ1) is 19.2. The van der Waals surface area contributed by atoms with E-state index in [-0.39, 0.29) is 29.6 Å². The van der Waals surface area contributed by atoms with Crippen molar-refractivity contribution < 1.29 is 9.26 Å². The van der Waals surface area contributed by atoms with Gasteiger partial charge in [0.2, 0.25) is 0 Å². The average molecular weight is 422 g/mol. The Labute approximate surface area is 149 Å². The third-order valence-corrected chi connectivity index (χ3v) is 3.64. The van der Waals surface area contributed by atoms with Crippen molar-refractivity contribution in [2.24, 2.45) is 4.99 Å². The summed E-state index contributed by atoms with van der Waals surface area (Å²) in [6.45, 7) is 9.16. The van der Waals surface area contributed by atoms with Crippen molar-refractivity contribution in [3.63, 3.8) is 0 Å². The fourth-order valence-corrected chi connectivity index (χ4v) is 2.34. The molecule has 0 spiro atoms. The first-order valence-electron chi connectivity index (χ1n) is 7.76. The molecule has 2 rings (SSSR count). The molecule has 2 heterocycles. The third-order valence-electron chi connectivity index (χ3n) is 3.64. The number of nitrogens with one attached hydrogen (secondary N) is 2. The van der Waals surface area contributed by atoms with Gasteiger partial charge < -0.3 is 19.9 Å². The van der Waals surface area contributed by atoms with E-state index in [1.54, 1.807) is 0 Å². The van der Waals surface area contributed by atoms with Gasteiger partial charge in [0.1, 0.15) is 6.54 Å². The largest absolute Gasteiger partial charge is 0.373 e. The molecular formula is C15H27IN4O2. The zero-order valence-electron chi connectivity index (χ0n) is 13.6. The molecule has 7 heteroatoms. The van der Waals surface area contributed by atoms with Gasteiger partial charge in [-0.3, -0.25) is 0 Å². The Morgan fingerprint density at radius 3 is 2.82 bits per heavy atom. The lowest BCUT2D eigenvalue weighted by Crippen LogP contribution is -2.45. The van der Waals surface area contributed by atoms with Crippen LogP contribution in [-0.4, -0.2) is 36.4 Å². The number of aryl methyl sites for hydroxylation is 1. The van der Waals surface area contributed by atoms with Gasteiger partial charge in [0, 0.05) is 25.8 Å². The van der Waals surface area contributed by atoms with Gasteiger partial charge in [0.25, 0.3) is 0 Å². The Hall–Kier alpha value is -0.830. The van der Waals surface area contributed by atoms with E-state index in [1.165, 1.54) is 0 Å². The minimum atomic E-state index is -0.0855. The second kappa shape index (κ2) is 9.34. The predicted molar refractivity (Wildman–Crippen MR) is 97.7 cm³/mol. The molecule has 0 saturated carbocycles. The van der Waals surface area contributed by atoms with Crippen LogP contribution in [0.1, 0.15) is 45.1 Å². The fraction of sp³-hybridized carbons (Fsp3) is 0.733. The molecule has 0 radical (unpaired) electrons. The maximum Gasteiger partial charge on any atom is 0.191 e. The van der Waals surface area contributed by atoms with E-state index in [9.17, 15) is 0 Å². The first-order chi connectivity index (χ1) is 10.1. The first-order valence-corrected chi connectivity index (χ1v) is 7.76. The average Bonchev–Trinajstić information content (AvgIpc) is 3.11. The van der Waals surface area contributed by atoms with Crippen LogP contribution < -0.4 is 10.6 Å². The van der Waals surface area contributed by atoms with Gasteiger partial charge in [0.05, 0.1) is 11.3 Å². The monoisotopic (exact) mass is 422 g/mol. The second-order valence-electron chi connectivity index (χ2n) is 5.59. The lowest BCUT2D eigenvalue weighted by molar-refractivity contribution is 0.0243. The van der Waals surface area contributed by atoms with Crippen molar-refractivity contribution in [2.75, 3.05) is 19.7 Å². The van der Waals surface area contributed by atoms with Crippen molar-refractivity contribution >= 4 is 29.9 Å². The molecule has 1 atom stereocenters. The number of guanidine groups is 1. The van der Waals surface area contributed by atoms with Crippen LogP contribution in [0, 0.1) is 0 Å². The van der Waals surface area contributed by atoms with E-state index in [0.29, 0.717) is 6.54 Å². The summed E-state index contributed by atoms with van der Waals surface area (Å²) in [5.74, 6) is 1.57. The number of aliphatic imine (C=N–C) groups is 1. The quantitative estimate of drug-likeness (QED) is 0.419. The lowest BCUT2D eigenvalue weighted by Gasteiger charge is -2.24. The molecule has 126 valence electrons. The standard InChI is InChI=1S/C15H26N4O2.HI/c1-4-12-9-13(21-19-12)10-17-14(16-5-2)18-11-15(3)7-6-8-20-15;/h9H,4-8,10-11H2,1-3H3,(H2,16,17,18);1H. The Morgan fingerprint density at radius 1 is 1.41 bits per heavy atom. The predicted octanol–water partition coefficient (Wildman–Crippen LogP) is 2.48. The molecule has 1 aliphatic heterocycles. The van der Waals surface area contributed by atoms with Gasteiger partial charge in [-0.05, 0) is 33.1 Å². The summed E-state index contributed by atoms with van der Waals surface area (Å²) < 4.78 is 11.0. The van der Waals surface area contributed by atoms with Crippen LogP contribution in [0.25, 0.3) is 0 Å². The number of hydrogen-bond donors (Lipinski definition) is 2. The summed E-state index contributed by atoms with van der Waals surface area (Å²) in [5.41, 5.74) is 0.877. The summed E-state index contributed by atoms with van der Waals surface area (Å²) in [6.07, 6.45) is 3.09. The molecule has 1 aromatic heterocycles. The molecule has 0 bridgehead atoms. The molecule has 22 heavy (non-hydrogen) atoms. The maximum absolute atomic E-state index is 5.78. The molecule has 1 aromatic rings. The highest BCUT2D eigenvalue weighted by molar-refractivity contribution is 14.0.